The Labute approximate surface area is 132 Å². The molecule has 1 aromatic heterocycles. The van der Waals surface area contributed by atoms with Crippen molar-refractivity contribution < 1.29 is 12.9 Å². The van der Waals surface area contributed by atoms with Crippen molar-refractivity contribution in [2.45, 2.75) is 18.6 Å². The van der Waals surface area contributed by atoms with Gasteiger partial charge in [-0.1, -0.05) is 34.4 Å². The Bertz CT molecular complexity index is 777. The Kier molecular flexibility index (Phi) is 3.99. The van der Waals surface area contributed by atoms with E-state index >= 15 is 0 Å². The Hall–Kier alpha value is -1.24. The molecule has 0 aliphatic heterocycles. The van der Waals surface area contributed by atoms with Crippen LogP contribution in [0.5, 0.6) is 0 Å². The minimum absolute atomic E-state index is 0.0386. The van der Waals surface area contributed by atoms with E-state index in [1.54, 1.807) is 18.2 Å². The summed E-state index contributed by atoms with van der Waals surface area (Å²) >= 11 is 12.3. The van der Waals surface area contributed by atoms with Gasteiger partial charge in [-0.25, -0.2) is 8.42 Å². The molecular formula is C13H14Cl2N2O3S. The normalized spacial score (nSPS) is 12.6. The lowest BCUT2D eigenvalue weighted by atomic mass is 9.99. The first kappa shape index (κ1) is 16.1. The number of rotatable bonds is 3. The number of nitrogens with two attached hydrogens (primary N) is 1. The van der Waals surface area contributed by atoms with Gasteiger partial charge in [0.05, 0.1) is 15.6 Å². The maximum atomic E-state index is 12.0. The number of nitrogen functional groups attached to an aromatic ring is 1. The van der Waals surface area contributed by atoms with Crippen LogP contribution in [0.2, 0.25) is 10.0 Å². The summed E-state index contributed by atoms with van der Waals surface area (Å²) in [5.41, 5.74) is 6.55. The van der Waals surface area contributed by atoms with Crippen molar-refractivity contribution in [2.24, 2.45) is 0 Å². The molecular weight excluding hydrogens is 335 g/mol. The van der Waals surface area contributed by atoms with E-state index in [0.29, 0.717) is 21.2 Å². The van der Waals surface area contributed by atoms with Gasteiger partial charge in [0, 0.05) is 11.8 Å². The van der Waals surface area contributed by atoms with E-state index in [2.05, 4.69) is 5.16 Å². The van der Waals surface area contributed by atoms with Crippen molar-refractivity contribution >= 4 is 38.9 Å². The predicted molar refractivity (Wildman–Crippen MR) is 84.2 cm³/mol. The van der Waals surface area contributed by atoms with Gasteiger partial charge in [0.1, 0.15) is 4.75 Å². The van der Waals surface area contributed by atoms with E-state index in [1.165, 1.54) is 13.8 Å². The quantitative estimate of drug-likeness (QED) is 0.916. The average Bonchev–Trinajstić information content (AvgIpc) is 2.70. The number of anilines is 1. The van der Waals surface area contributed by atoms with Crippen LogP contribution in [-0.4, -0.2) is 19.8 Å². The minimum atomic E-state index is -3.47. The van der Waals surface area contributed by atoms with Crippen LogP contribution in [0.3, 0.4) is 0 Å². The van der Waals surface area contributed by atoms with Gasteiger partial charge in [-0.05, 0) is 26.0 Å². The Balaban J connectivity index is 2.82. The van der Waals surface area contributed by atoms with Gasteiger partial charge < -0.3 is 10.3 Å². The maximum absolute atomic E-state index is 12.0. The predicted octanol–water partition coefficient (Wildman–Crippen LogP) is 3.51. The highest BCUT2D eigenvalue weighted by Gasteiger charge is 2.40. The summed E-state index contributed by atoms with van der Waals surface area (Å²) in [4.78, 5) is 0. The van der Waals surface area contributed by atoms with E-state index in [4.69, 9.17) is 33.5 Å². The smallest absolute Gasteiger partial charge is 0.175 e. The van der Waals surface area contributed by atoms with Crippen molar-refractivity contribution in [2.75, 3.05) is 12.0 Å². The van der Waals surface area contributed by atoms with Crippen molar-refractivity contribution in [3.8, 4) is 11.1 Å². The first-order valence-corrected chi connectivity index (χ1v) is 8.61. The monoisotopic (exact) mass is 348 g/mol. The fourth-order valence-electron chi connectivity index (χ4n) is 1.86. The zero-order valence-corrected chi connectivity index (χ0v) is 14.0. The van der Waals surface area contributed by atoms with Gasteiger partial charge in [0.15, 0.2) is 21.4 Å². The van der Waals surface area contributed by atoms with Crippen molar-refractivity contribution in [3.63, 3.8) is 0 Å². The number of halogens is 2. The molecule has 0 amide bonds. The summed E-state index contributed by atoms with van der Waals surface area (Å²) in [6.07, 6.45) is 1.11. The summed E-state index contributed by atoms with van der Waals surface area (Å²) < 4.78 is 27.9. The van der Waals surface area contributed by atoms with Gasteiger partial charge >= 0.3 is 0 Å². The molecule has 1 heterocycles. The molecule has 0 atom stereocenters. The fourth-order valence-corrected chi connectivity index (χ4v) is 2.92. The molecule has 0 radical (unpaired) electrons. The van der Waals surface area contributed by atoms with Crippen LogP contribution in [0.25, 0.3) is 11.1 Å². The zero-order valence-electron chi connectivity index (χ0n) is 11.6. The van der Waals surface area contributed by atoms with Crippen LogP contribution in [0, 0.1) is 0 Å². The van der Waals surface area contributed by atoms with E-state index in [0.717, 1.165) is 6.26 Å². The highest BCUT2D eigenvalue weighted by Crippen LogP contribution is 2.44. The number of aromatic nitrogens is 1. The standard InChI is InChI=1S/C13H14Cl2N2O3S/c1-13(2,21(3,18)19)11-10(12(16)17-20-11)9-7(14)5-4-6-8(9)15/h4-6H,1-3H3,(H2,16,17). The summed E-state index contributed by atoms with van der Waals surface area (Å²) in [6.45, 7) is 3.02. The van der Waals surface area contributed by atoms with Gasteiger partial charge in [-0.2, -0.15) is 0 Å². The number of sulfone groups is 1. The molecule has 0 aliphatic rings. The van der Waals surface area contributed by atoms with Crippen molar-refractivity contribution in [3.05, 3.63) is 34.0 Å². The molecule has 0 bridgehead atoms. The lowest BCUT2D eigenvalue weighted by Crippen LogP contribution is -2.28. The van der Waals surface area contributed by atoms with Crippen LogP contribution in [-0.2, 0) is 14.6 Å². The Morgan fingerprint density at radius 1 is 1.19 bits per heavy atom. The molecule has 0 fully saturated rings. The van der Waals surface area contributed by atoms with Crippen LogP contribution >= 0.6 is 23.2 Å². The van der Waals surface area contributed by atoms with E-state index in [9.17, 15) is 8.42 Å². The number of hydrogen-bond donors (Lipinski definition) is 1. The van der Waals surface area contributed by atoms with Crippen molar-refractivity contribution in [1.29, 1.82) is 0 Å². The second-order valence-electron chi connectivity index (χ2n) is 5.15. The molecule has 2 N–H and O–H groups in total. The zero-order chi connectivity index (χ0) is 16.0. The highest BCUT2D eigenvalue weighted by atomic mass is 35.5. The lowest BCUT2D eigenvalue weighted by Gasteiger charge is -2.21. The molecule has 21 heavy (non-hydrogen) atoms. The van der Waals surface area contributed by atoms with Crippen molar-refractivity contribution in [1.82, 2.24) is 5.16 Å². The molecule has 0 aliphatic carbocycles. The van der Waals surface area contributed by atoms with E-state index in [1.807, 2.05) is 0 Å². The molecule has 1 aromatic carbocycles. The Morgan fingerprint density at radius 2 is 1.71 bits per heavy atom. The third-order valence-electron chi connectivity index (χ3n) is 3.41. The average molecular weight is 349 g/mol. The van der Waals surface area contributed by atoms with Gasteiger partial charge in [-0.3, -0.25) is 0 Å². The largest absolute Gasteiger partial charge is 0.380 e. The van der Waals surface area contributed by atoms with Crippen LogP contribution in [0.15, 0.2) is 22.7 Å². The molecule has 0 saturated carbocycles. The summed E-state index contributed by atoms with van der Waals surface area (Å²) in [5, 5.41) is 4.35. The van der Waals surface area contributed by atoms with Gasteiger partial charge in [0.25, 0.3) is 0 Å². The fraction of sp³-hybridized carbons (Fsp3) is 0.308. The Morgan fingerprint density at radius 3 is 2.19 bits per heavy atom. The van der Waals surface area contributed by atoms with Crippen LogP contribution in [0.4, 0.5) is 5.82 Å². The van der Waals surface area contributed by atoms with Gasteiger partial charge in [0.2, 0.25) is 0 Å². The summed E-state index contributed by atoms with van der Waals surface area (Å²) in [5.74, 6) is 0.147. The first-order chi connectivity index (χ1) is 9.57. The van der Waals surface area contributed by atoms with Gasteiger partial charge in [-0.15, -0.1) is 0 Å². The minimum Gasteiger partial charge on any atom is -0.380 e. The molecule has 2 rings (SSSR count). The second-order valence-corrected chi connectivity index (χ2v) is 8.53. The molecule has 0 saturated heterocycles. The highest BCUT2D eigenvalue weighted by molar-refractivity contribution is 7.91. The molecule has 2 aromatic rings. The number of nitrogens with zero attached hydrogens (tertiary/aromatic N) is 1. The topological polar surface area (TPSA) is 86.2 Å². The van der Waals surface area contributed by atoms with Crippen LogP contribution in [0.1, 0.15) is 19.6 Å². The molecule has 0 unspecified atom stereocenters. The number of hydrogen-bond acceptors (Lipinski definition) is 5. The number of benzene rings is 1. The second kappa shape index (κ2) is 5.19. The SMILES string of the molecule is CC(C)(c1onc(N)c1-c1c(Cl)cccc1Cl)S(C)(=O)=O. The summed E-state index contributed by atoms with van der Waals surface area (Å²) in [7, 11) is -3.47. The van der Waals surface area contributed by atoms with Crippen LogP contribution < -0.4 is 5.73 Å². The summed E-state index contributed by atoms with van der Waals surface area (Å²) in [6, 6.07) is 4.94. The third-order valence-corrected chi connectivity index (χ3v) is 6.07. The third kappa shape index (κ3) is 2.63. The first-order valence-electron chi connectivity index (χ1n) is 5.97. The molecule has 8 heteroatoms. The van der Waals surface area contributed by atoms with E-state index < -0.39 is 14.6 Å². The maximum Gasteiger partial charge on any atom is 0.175 e. The molecule has 0 spiro atoms. The molecule has 5 nitrogen and oxygen atoms in total. The van der Waals surface area contributed by atoms with E-state index in [-0.39, 0.29) is 11.6 Å². The molecule has 114 valence electrons. The lowest BCUT2D eigenvalue weighted by molar-refractivity contribution is 0.357.